The van der Waals surface area contributed by atoms with Gasteiger partial charge in [-0.3, -0.25) is 0 Å². The Morgan fingerprint density at radius 1 is 1.20 bits per heavy atom. The van der Waals surface area contributed by atoms with Gasteiger partial charge in [-0.05, 0) is 33.3 Å². The van der Waals surface area contributed by atoms with Crippen LogP contribution in [0.4, 0.5) is 0 Å². The van der Waals surface area contributed by atoms with E-state index in [4.69, 9.17) is 23.7 Å². The number of benzene rings is 1. The zero-order valence-electron chi connectivity index (χ0n) is 18.1. The van der Waals surface area contributed by atoms with E-state index in [0.717, 1.165) is 5.56 Å². The maximum absolute atomic E-state index is 12.0. The van der Waals surface area contributed by atoms with Gasteiger partial charge in [0.25, 0.3) is 0 Å². The Hall–Kier alpha value is -1.97. The van der Waals surface area contributed by atoms with Gasteiger partial charge in [0.05, 0.1) is 19.4 Å². The van der Waals surface area contributed by atoms with Gasteiger partial charge in [-0.15, -0.1) is 0 Å². The Morgan fingerprint density at radius 3 is 2.50 bits per heavy atom. The molecule has 0 spiro atoms. The lowest BCUT2D eigenvalue weighted by atomic mass is 10.0. The Labute approximate surface area is 177 Å². The Balaban J connectivity index is 1.83. The van der Waals surface area contributed by atoms with Crippen molar-refractivity contribution in [2.24, 2.45) is 0 Å². The van der Waals surface area contributed by atoms with E-state index < -0.39 is 42.0 Å². The predicted molar refractivity (Wildman–Crippen MR) is 108 cm³/mol. The smallest absolute Gasteiger partial charge is 0.332 e. The van der Waals surface area contributed by atoms with Crippen LogP contribution in [0.1, 0.15) is 33.3 Å². The number of hydrogen-bond donors (Lipinski definition) is 2. The van der Waals surface area contributed by atoms with Gasteiger partial charge in [0, 0.05) is 12.6 Å². The highest BCUT2D eigenvalue weighted by Gasteiger charge is 2.51. The molecule has 2 heterocycles. The van der Waals surface area contributed by atoms with E-state index in [1.165, 1.54) is 13.2 Å². The quantitative estimate of drug-likeness (QED) is 0.509. The third-order valence-corrected chi connectivity index (χ3v) is 5.00. The van der Waals surface area contributed by atoms with E-state index in [9.17, 15) is 9.90 Å². The summed E-state index contributed by atoms with van der Waals surface area (Å²) in [7, 11) is 1.31. The minimum atomic E-state index is -1.03. The number of hydrogen-bond acceptors (Lipinski definition) is 8. The van der Waals surface area contributed by atoms with Crippen LogP contribution in [0, 0.1) is 0 Å². The molecule has 4 atom stereocenters. The van der Waals surface area contributed by atoms with Crippen LogP contribution in [-0.2, 0) is 35.0 Å². The van der Waals surface area contributed by atoms with Crippen LogP contribution in [-0.4, -0.2) is 60.8 Å². The van der Waals surface area contributed by atoms with Crippen molar-refractivity contribution >= 4 is 5.97 Å². The van der Waals surface area contributed by atoms with Crippen LogP contribution >= 0.6 is 0 Å². The summed E-state index contributed by atoms with van der Waals surface area (Å²) in [6, 6.07) is 9.74. The molecule has 2 N–H and O–H groups in total. The molecule has 8 heteroatoms. The van der Waals surface area contributed by atoms with Crippen molar-refractivity contribution in [2.75, 3.05) is 13.7 Å². The highest BCUT2D eigenvalue weighted by molar-refractivity contribution is 5.82. The first kappa shape index (κ1) is 22.7. The molecule has 8 nitrogen and oxygen atoms in total. The van der Waals surface area contributed by atoms with E-state index in [1.54, 1.807) is 27.7 Å². The number of ether oxygens (including phenoxy) is 5. The Morgan fingerprint density at radius 2 is 1.90 bits per heavy atom. The van der Waals surface area contributed by atoms with Crippen molar-refractivity contribution in [2.45, 2.75) is 70.2 Å². The van der Waals surface area contributed by atoms with Crippen molar-refractivity contribution in [3.63, 3.8) is 0 Å². The second-order valence-electron chi connectivity index (χ2n) is 8.34. The molecule has 0 bridgehead atoms. The molecule has 1 aromatic rings. The molecule has 0 unspecified atom stereocenters. The minimum Gasteiger partial charge on any atom is -0.466 e. The van der Waals surface area contributed by atoms with Crippen molar-refractivity contribution in [3.05, 3.63) is 47.7 Å². The van der Waals surface area contributed by atoms with Crippen LogP contribution in [0.2, 0.25) is 0 Å². The number of carbonyl (C=O) groups excluding carboxylic acids is 1. The summed E-state index contributed by atoms with van der Waals surface area (Å²) >= 11 is 0. The number of carbonyl (C=O) groups is 1. The van der Waals surface area contributed by atoms with Crippen molar-refractivity contribution < 1.29 is 33.6 Å². The lowest BCUT2D eigenvalue weighted by Crippen LogP contribution is -2.47. The first-order chi connectivity index (χ1) is 14.1. The number of methoxy groups -OCH3 is 1. The second-order valence-corrected chi connectivity index (χ2v) is 8.34. The van der Waals surface area contributed by atoms with Gasteiger partial charge < -0.3 is 34.1 Å². The van der Waals surface area contributed by atoms with Gasteiger partial charge in [0.2, 0.25) is 0 Å². The molecule has 0 saturated carbocycles. The number of esters is 1. The predicted octanol–water partition coefficient (Wildman–Crippen LogP) is 1.87. The highest BCUT2D eigenvalue weighted by atomic mass is 16.8. The van der Waals surface area contributed by atoms with Gasteiger partial charge in [0.15, 0.2) is 11.6 Å². The normalized spacial score (nSPS) is 28.9. The molecule has 0 radical (unpaired) electrons. The second kappa shape index (κ2) is 9.03. The largest absolute Gasteiger partial charge is 0.466 e. The molecular formula is C22H31NO7. The number of aliphatic hydroxyl groups is 1. The van der Waals surface area contributed by atoms with Gasteiger partial charge in [0.1, 0.15) is 24.4 Å². The van der Waals surface area contributed by atoms with Gasteiger partial charge >= 0.3 is 5.97 Å². The summed E-state index contributed by atoms with van der Waals surface area (Å²) in [5.41, 5.74) is 1.48. The van der Waals surface area contributed by atoms with Crippen LogP contribution in [0.3, 0.4) is 0 Å². The molecule has 2 aliphatic rings. The molecule has 2 aliphatic heterocycles. The standard InChI is InChI=1S/C22H31NO7/c1-21(2)27-13-16(28-21)18(25)20-19(29-22(3,4)30-20)15(11-17(24)26-5)23-12-14-9-7-6-8-10-14/h6-11,16,18-20,23,25H,12-13H2,1-5H3/b15-11+/t16-,18-,19+,20-/m1/s1. The molecule has 2 saturated heterocycles. The third kappa shape index (κ3) is 5.59. The Bertz CT molecular complexity index is 762. The zero-order chi connectivity index (χ0) is 21.9. The highest BCUT2D eigenvalue weighted by Crippen LogP contribution is 2.36. The number of aliphatic hydroxyl groups excluding tert-OH is 1. The van der Waals surface area contributed by atoms with Gasteiger partial charge in [-0.1, -0.05) is 30.3 Å². The lowest BCUT2D eigenvalue weighted by Gasteiger charge is -2.28. The maximum atomic E-state index is 12.0. The fourth-order valence-electron chi connectivity index (χ4n) is 3.59. The molecule has 3 rings (SSSR count). The topological polar surface area (TPSA) is 95.5 Å². The van der Waals surface area contributed by atoms with E-state index in [2.05, 4.69) is 5.32 Å². The van der Waals surface area contributed by atoms with Crippen molar-refractivity contribution in [1.29, 1.82) is 0 Å². The molecule has 0 amide bonds. The van der Waals surface area contributed by atoms with Gasteiger partial charge in [-0.2, -0.15) is 0 Å². The zero-order valence-corrected chi connectivity index (χ0v) is 18.1. The molecule has 0 aromatic heterocycles. The maximum Gasteiger partial charge on any atom is 0.332 e. The molecule has 1 aromatic carbocycles. The summed E-state index contributed by atoms with van der Waals surface area (Å²) in [5.74, 6) is -2.28. The summed E-state index contributed by atoms with van der Waals surface area (Å²) in [6.45, 7) is 7.79. The van der Waals surface area contributed by atoms with E-state index >= 15 is 0 Å². The summed E-state index contributed by atoms with van der Waals surface area (Å²) in [5, 5.41) is 14.3. The van der Waals surface area contributed by atoms with E-state index in [0.29, 0.717) is 12.2 Å². The lowest BCUT2D eigenvalue weighted by molar-refractivity contribution is -0.178. The fourth-order valence-corrected chi connectivity index (χ4v) is 3.59. The average molecular weight is 421 g/mol. The molecule has 2 fully saturated rings. The molecule has 30 heavy (non-hydrogen) atoms. The summed E-state index contributed by atoms with van der Waals surface area (Å²) in [4.78, 5) is 12.0. The van der Waals surface area contributed by atoms with Gasteiger partial charge in [-0.25, -0.2) is 4.79 Å². The minimum absolute atomic E-state index is 0.231. The molecular weight excluding hydrogens is 390 g/mol. The third-order valence-electron chi connectivity index (χ3n) is 5.00. The summed E-state index contributed by atoms with van der Waals surface area (Å²) in [6.07, 6.45) is -1.79. The SMILES string of the molecule is COC(=O)/C=C(/NCc1ccccc1)[C@@H]1OC(C)(C)O[C@@H]1[C@H](O)[C@H]1COC(C)(C)O1. The Kier molecular flexibility index (Phi) is 6.84. The van der Waals surface area contributed by atoms with Crippen LogP contribution in [0.15, 0.2) is 42.1 Å². The van der Waals surface area contributed by atoms with E-state index in [1.807, 2.05) is 30.3 Å². The van der Waals surface area contributed by atoms with Crippen LogP contribution in [0.25, 0.3) is 0 Å². The number of nitrogens with one attached hydrogen (secondary N) is 1. The number of rotatable bonds is 7. The van der Waals surface area contributed by atoms with Crippen LogP contribution < -0.4 is 5.32 Å². The van der Waals surface area contributed by atoms with Crippen molar-refractivity contribution in [3.8, 4) is 0 Å². The monoisotopic (exact) mass is 421 g/mol. The molecule has 0 aliphatic carbocycles. The van der Waals surface area contributed by atoms with E-state index in [-0.39, 0.29) is 6.61 Å². The van der Waals surface area contributed by atoms with Crippen LogP contribution in [0.5, 0.6) is 0 Å². The fraction of sp³-hybridized carbons (Fsp3) is 0.591. The average Bonchev–Trinajstić information content (AvgIpc) is 3.23. The van der Waals surface area contributed by atoms with Crippen molar-refractivity contribution in [1.82, 2.24) is 5.32 Å². The first-order valence-corrected chi connectivity index (χ1v) is 10.0. The molecule has 166 valence electrons. The summed E-state index contributed by atoms with van der Waals surface area (Å²) < 4.78 is 28.3. The first-order valence-electron chi connectivity index (χ1n) is 10.0.